The molecule has 23 heavy (non-hydrogen) atoms. The zero-order valence-electron chi connectivity index (χ0n) is 13.7. The maximum atomic E-state index is 12.5. The second-order valence-corrected chi connectivity index (χ2v) is 5.99. The summed E-state index contributed by atoms with van der Waals surface area (Å²) in [6.45, 7) is 3.45. The van der Waals surface area contributed by atoms with Gasteiger partial charge in [-0.3, -0.25) is 9.59 Å². The largest absolute Gasteiger partial charge is 0.480 e. The lowest BCUT2D eigenvalue weighted by molar-refractivity contribution is -0.138. The average Bonchev–Trinajstić information content (AvgIpc) is 3.05. The molecule has 0 saturated heterocycles. The van der Waals surface area contributed by atoms with Crippen LogP contribution in [-0.4, -0.2) is 45.6 Å². The number of aliphatic carboxylic acids is 1. The predicted molar refractivity (Wildman–Crippen MR) is 85.5 cm³/mol. The van der Waals surface area contributed by atoms with Crippen molar-refractivity contribution in [3.63, 3.8) is 0 Å². The van der Waals surface area contributed by atoms with Gasteiger partial charge in [0.25, 0.3) is 5.91 Å². The van der Waals surface area contributed by atoms with E-state index in [-0.39, 0.29) is 24.6 Å². The number of hydrogen-bond acceptors (Lipinski definition) is 4. The number of carboxylic acid groups (broad SMARTS) is 1. The van der Waals surface area contributed by atoms with E-state index < -0.39 is 5.97 Å². The van der Waals surface area contributed by atoms with Crippen LogP contribution in [0, 0.1) is 0 Å². The smallest absolute Gasteiger partial charge is 0.323 e. The van der Waals surface area contributed by atoms with E-state index in [9.17, 15) is 9.59 Å². The van der Waals surface area contributed by atoms with Crippen LogP contribution in [0.15, 0.2) is 18.3 Å². The highest BCUT2D eigenvalue weighted by Crippen LogP contribution is 2.23. The minimum Gasteiger partial charge on any atom is -0.480 e. The van der Waals surface area contributed by atoms with Crippen LogP contribution in [0.5, 0.6) is 5.88 Å². The van der Waals surface area contributed by atoms with Crippen molar-refractivity contribution in [3.8, 4) is 5.88 Å². The van der Waals surface area contributed by atoms with Crippen molar-refractivity contribution in [1.29, 1.82) is 0 Å². The lowest BCUT2D eigenvalue weighted by atomic mass is 10.1. The van der Waals surface area contributed by atoms with Gasteiger partial charge in [0.05, 0.1) is 5.56 Å². The van der Waals surface area contributed by atoms with Gasteiger partial charge in [-0.1, -0.05) is 6.92 Å². The van der Waals surface area contributed by atoms with Gasteiger partial charge in [-0.25, -0.2) is 4.98 Å². The molecule has 1 aromatic heterocycles. The van der Waals surface area contributed by atoms with Crippen LogP contribution in [0.2, 0.25) is 0 Å². The van der Waals surface area contributed by atoms with E-state index in [1.54, 1.807) is 12.1 Å². The second kappa shape index (κ2) is 7.94. The number of carboxylic acids is 1. The van der Waals surface area contributed by atoms with Crippen molar-refractivity contribution in [3.05, 3.63) is 23.9 Å². The van der Waals surface area contributed by atoms with Gasteiger partial charge in [0.15, 0.2) is 0 Å². The number of hydrogen-bond donors (Lipinski definition) is 1. The van der Waals surface area contributed by atoms with Crippen molar-refractivity contribution in [1.82, 2.24) is 9.88 Å². The third-order valence-electron chi connectivity index (χ3n) is 4.26. The van der Waals surface area contributed by atoms with Crippen molar-refractivity contribution in [2.45, 2.75) is 58.1 Å². The fraction of sp³-hybridized carbons (Fsp3) is 0.588. The number of ether oxygens (including phenoxy) is 1. The maximum Gasteiger partial charge on any atom is 0.323 e. The molecule has 1 saturated carbocycles. The number of rotatable bonds is 7. The Bertz CT molecular complexity index is 538. The molecular formula is C17H24N2O4. The Balaban J connectivity index is 2.06. The van der Waals surface area contributed by atoms with Gasteiger partial charge in [0, 0.05) is 18.3 Å². The molecule has 1 aliphatic carbocycles. The summed E-state index contributed by atoms with van der Waals surface area (Å²) in [7, 11) is 0. The molecule has 2 rings (SSSR count). The monoisotopic (exact) mass is 320 g/mol. The van der Waals surface area contributed by atoms with E-state index in [0.717, 1.165) is 12.8 Å². The first kappa shape index (κ1) is 17.2. The topological polar surface area (TPSA) is 79.7 Å². The normalized spacial score (nSPS) is 16.1. The number of carbonyl (C=O) groups excluding carboxylic acids is 1. The van der Waals surface area contributed by atoms with Gasteiger partial charge >= 0.3 is 5.97 Å². The molecule has 6 heteroatoms. The second-order valence-electron chi connectivity index (χ2n) is 5.99. The molecule has 0 aromatic carbocycles. The van der Waals surface area contributed by atoms with Gasteiger partial charge in [0.1, 0.15) is 12.6 Å². The molecule has 1 aromatic rings. The van der Waals surface area contributed by atoms with Gasteiger partial charge in [-0.2, -0.15) is 0 Å². The van der Waals surface area contributed by atoms with Crippen LogP contribution in [0.4, 0.5) is 0 Å². The fourth-order valence-electron chi connectivity index (χ4n) is 2.71. The summed E-state index contributed by atoms with van der Waals surface area (Å²) in [4.78, 5) is 29.1. The first-order chi connectivity index (χ1) is 11.0. The Kier molecular flexibility index (Phi) is 5.96. The summed E-state index contributed by atoms with van der Waals surface area (Å²) in [5.74, 6) is -0.823. The zero-order valence-corrected chi connectivity index (χ0v) is 13.7. The van der Waals surface area contributed by atoms with Crippen molar-refractivity contribution in [2.24, 2.45) is 0 Å². The molecule has 6 nitrogen and oxygen atoms in total. The van der Waals surface area contributed by atoms with E-state index in [1.165, 1.54) is 23.9 Å². The standard InChI is InChI=1S/C17H24N2O4/c1-3-12(2)19(11-16(20)21)17(22)13-8-9-15(18-10-13)23-14-6-4-5-7-14/h8-10,12,14H,3-7,11H2,1-2H3,(H,20,21). The molecule has 1 atom stereocenters. The molecule has 1 unspecified atom stereocenters. The van der Waals surface area contributed by atoms with Crippen LogP contribution in [-0.2, 0) is 4.79 Å². The molecule has 126 valence electrons. The number of pyridine rings is 1. The highest BCUT2D eigenvalue weighted by Gasteiger charge is 2.23. The van der Waals surface area contributed by atoms with Gasteiger partial charge in [-0.15, -0.1) is 0 Å². The number of amides is 1. The maximum absolute atomic E-state index is 12.5. The Labute approximate surface area is 136 Å². The van der Waals surface area contributed by atoms with Crippen LogP contribution >= 0.6 is 0 Å². The quantitative estimate of drug-likeness (QED) is 0.835. The number of nitrogens with zero attached hydrogens (tertiary/aromatic N) is 2. The van der Waals surface area contributed by atoms with Crippen molar-refractivity contribution < 1.29 is 19.4 Å². The highest BCUT2D eigenvalue weighted by molar-refractivity contribution is 5.95. The predicted octanol–water partition coefficient (Wildman–Crippen LogP) is 2.73. The van der Waals surface area contributed by atoms with Crippen molar-refractivity contribution >= 4 is 11.9 Å². The summed E-state index contributed by atoms with van der Waals surface area (Å²) in [5, 5.41) is 9.00. The fourth-order valence-corrected chi connectivity index (χ4v) is 2.71. The molecule has 1 fully saturated rings. The van der Waals surface area contributed by atoms with E-state index in [0.29, 0.717) is 17.9 Å². The average molecular weight is 320 g/mol. The van der Waals surface area contributed by atoms with E-state index in [2.05, 4.69) is 4.98 Å². The van der Waals surface area contributed by atoms with Crippen LogP contribution in [0.25, 0.3) is 0 Å². The lowest BCUT2D eigenvalue weighted by Gasteiger charge is -2.26. The Morgan fingerprint density at radius 3 is 2.61 bits per heavy atom. The molecule has 0 bridgehead atoms. The summed E-state index contributed by atoms with van der Waals surface area (Å²) in [6, 6.07) is 3.19. The van der Waals surface area contributed by atoms with Crippen LogP contribution < -0.4 is 4.74 Å². The summed E-state index contributed by atoms with van der Waals surface area (Å²) in [5.41, 5.74) is 0.380. The van der Waals surface area contributed by atoms with Gasteiger partial charge in [0.2, 0.25) is 5.88 Å². The summed E-state index contributed by atoms with van der Waals surface area (Å²) in [6.07, 6.45) is 6.82. The third-order valence-corrected chi connectivity index (χ3v) is 4.26. The zero-order chi connectivity index (χ0) is 16.8. The summed E-state index contributed by atoms with van der Waals surface area (Å²) < 4.78 is 5.77. The Morgan fingerprint density at radius 1 is 1.39 bits per heavy atom. The lowest BCUT2D eigenvalue weighted by Crippen LogP contribution is -2.41. The number of aromatic nitrogens is 1. The number of carbonyl (C=O) groups is 2. The Morgan fingerprint density at radius 2 is 2.09 bits per heavy atom. The minimum absolute atomic E-state index is 0.145. The van der Waals surface area contributed by atoms with Crippen molar-refractivity contribution in [2.75, 3.05) is 6.54 Å². The van der Waals surface area contributed by atoms with Gasteiger partial charge in [-0.05, 0) is 45.1 Å². The molecule has 0 radical (unpaired) electrons. The molecular weight excluding hydrogens is 296 g/mol. The van der Waals surface area contributed by atoms with Crippen LogP contribution in [0.3, 0.4) is 0 Å². The molecule has 1 amide bonds. The van der Waals surface area contributed by atoms with E-state index >= 15 is 0 Å². The summed E-state index contributed by atoms with van der Waals surface area (Å²) >= 11 is 0. The van der Waals surface area contributed by atoms with Crippen LogP contribution in [0.1, 0.15) is 56.3 Å². The SMILES string of the molecule is CCC(C)N(CC(=O)O)C(=O)c1ccc(OC2CCCC2)nc1. The third kappa shape index (κ3) is 4.68. The molecule has 0 aliphatic heterocycles. The minimum atomic E-state index is -1.02. The van der Waals surface area contributed by atoms with Gasteiger partial charge < -0.3 is 14.7 Å². The first-order valence-corrected chi connectivity index (χ1v) is 8.16. The molecule has 1 N–H and O–H groups in total. The highest BCUT2D eigenvalue weighted by atomic mass is 16.5. The first-order valence-electron chi connectivity index (χ1n) is 8.16. The molecule has 1 heterocycles. The molecule has 0 spiro atoms. The van der Waals surface area contributed by atoms with E-state index in [4.69, 9.17) is 9.84 Å². The van der Waals surface area contributed by atoms with E-state index in [1.807, 2.05) is 13.8 Å². The Hall–Kier alpha value is -2.11. The molecule has 1 aliphatic rings.